The maximum absolute atomic E-state index is 5.34. The molecule has 5 aromatic rings. The van der Waals surface area contributed by atoms with Crippen molar-refractivity contribution in [2.75, 3.05) is 12.4 Å². The van der Waals surface area contributed by atoms with Crippen molar-refractivity contribution in [3.63, 3.8) is 0 Å². The molecular weight excluding hydrogens is 328 g/mol. The maximum atomic E-state index is 5.34. The van der Waals surface area contributed by atoms with E-state index in [1.807, 2.05) is 36.7 Å². The Balaban J connectivity index is 1.68. The van der Waals surface area contributed by atoms with Gasteiger partial charge < -0.3 is 10.1 Å². The van der Waals surface area contributed by atoms with Gasteiger partial charge in [-0.15, -0.1) is 0 Å². The molecule has 0 saturated heterocycles. The molecular formula is C19H16N6O. The van der Waals surface area contributed by atoms with E-state index in [0.29, 0.717) is 0 Å². The number of hydrogen-bond donors (Lipinski definition) is 3. The van der Waals surface area contributed by atoms with Gasteiger partial charge in [0.05, 0.1) is 30.5 Å². The number of benzene rings is 2. The van der Waals surface area contributed by atoms with Crippen molar-refractivity contribution < 1.29 is 4.74 Å². The highest BCUT2D eigenvalue weighted by atomic mass is 16.5. The normalized spacial score (nSPS) is 11.5. The van der Waals surface area contributed by atoms with E-state index in [9.17, 15) is 0 Å². The first-order chi connectivity index (χ1) is 12.7. The average molecular weight is 344 g/mol. The van der Waals surface area contributed by atoms with Crippen LogP contribution in [0.4, 0.5) is 11.5 Å². The standard InChI is InChI=1S/C19H16N6O/c1-10-5-12(6-11-8-20-24-17(10)11)22-19-18-15(9-21-25-18)14-7-13(26-2)3-4-16(14)23-19/h3-9H,1-2H3,(H,20,24)(H,21,25)(H,22,23). The molecule has 0 atom stereocenters. The largest absolute Gasteiger partial charge is 0.497 e. The monoisotopic (exact) mass is 344 g/mol. The Morgan fingerprint density at radius 3 is 2.69 bits per heavy atom. The third kappa shape index (κ3) is 2.17. The first kappa shape index (κ1) is 14.7. The summed E-state index contributed by atoms with van der Waals surface area (Å²) >= 11 is 0. The lowest BCUT2D eigenvalue weighted by atomic mass is 10.1. The van der Waals surface area contributed by atoms with Gasteiger partial charge in [0.25, 0.3) is 0 Å². The van der Waals surface area contributed by atoms with E-state index in [0.717, 1.165) is 55.5 Å². The van der Waals surface area contributed by atoms with E-state index in [1.165, 1.54) is 0 Å². The van der Waals surface area contributed by atoms with Crippen LogP contribution >= 0.6 is 0 Å². The van der Waals surface area contributed by atoms with Gasteiger partial charge in [0.15, 0.2) is 5.82 Å². The molecule has 0 aliphatic carbocycles. The Labute approximate surface area is 148 Å². The quantitative estimate of drug-likeness (QED) is 0.459. The van der Waals surface area contributed by atoms with Gasteiger partial charge in [-0.1, -0.05) is 0 Å². The van der Waals surface area contributed by atoms with Gasteiger partial charge in [-0.25, -0.2) is 4.98 Å². The first-order valence-corrected chi connectivity index (χ1v) is 8.24. The molecule has 3 N–H and O–H groups in total. The van der Waals surface area contributed by atoms with Crippen LogP contribution in [0.25, 0.3) is 32.7 Å². The molecule has 7 nitrogen and oxygen atoms in total. The van der Waals surface area contributed by atoms with E-state index < -0.39 is 0 Å². The molecule has 7 heteroatoms. The van der Waals surface area contributed by atoms with Gasteiger partial charge in [-0.05, 0) is 42.8 Å². The second-order valence-corrected chi connectivity index (χ2v) is 6.25. The smallest absolute Gasteiger partial charge is 0.157 e. The second kappa shape index (κ2) is 5.45. The molecule has 0 bridgehead atoms. The fourth-order valence-electron chi connectivity index (χ4n) is 3.34. The van der Waals surface area contributed by atoms with Gasteiger partial charge in [-0.2, -0.15) is 10.2 Å². The lowest BCUT2D eigenvalue weighted by Crippen LogP contribution is -1.97. The number of nitrogens with zero attached hydrogens (tertiary/aromatic N) is 3. The summed E-state index contributed by atoms with van der Waals surface area (Å²) in [5.41, 5.74) is 4.85. The van der Waals surface area contributed by atoms with Crippen molar-refractivity contribution in [1.29, 1.82) is 0 Å². The Morgan fingerprint density at radius 2 is 1.81 bits per heavy atom. The van der Waals surface area contributed by atoms with Crippen LogP contribution in [-0.2, 0) is 0 Å². The number of aryl methyl sites for hydroxylation is 1. The summed E-state index contributed by atoms with van der Waals surface area (Å²) < 4.78 is 5.34. The van der Waals surface area contributed by atoms with Crippen LogP contribution in [0.5, 0.6) is 5.75 Å². The summed E-state index contributed by atoms with van der Waals surface area (Å²) in [5.74, 6) is 1.53. The minimum atomic E-state index is 0.734. The van der Waals surface area contributed by atoms with Gasteiger partial charge in [0.1, 0.15) is 11.3 Å². The molecule has 3 aromatic heterocycles. The number of rotatable bonds is 3. The number of aromatic amines is 2. The summed E-state index contributed by atoms with van der Waals surface area (Å²) in [5, 5.41) is 20.9. The first-order valence-electron chi connectivity index (χ1n) is 8.24. The molecule has 0 unspecified atom stereocenters. The number of pyridine rings is 1. The number of aromatic nitrogens is 5. The van der Waals surface area contributed by atoms with Crippen LogP contribution in [0, 0.1) is 6.92 Å². The average Bonchev–Trinajstić information content (AvgIpc) is 3.31. The Hall–Kier alpha value is -3.61. The number of H-pyrrole nitrogens is 2. The molecule has 26 heavy (non-hydrogen) atoms. The molecule has 3 heterocycles. The van der Waals surface area contributed by atoms with Crippen LogP contribution in [0.2, 0.25) is 0 Å². The molecule has 0 amide bonds. The number of ether oxygens (including phenoxy) is 1. The Morgan fingerprint density at radius 1 is 0.962 bits per heavy atom. The van der Waals surface area contributed by atoms with Crippen molar-refractivity contribution in [1.82, 2.24) is 25.4 Å². The SMILES string of the molecule is COc1ccc2nc(Nc3cc(C)c4[nH]ncc4c3)c3[nH]ncc3c2c1. The second-order valence-electron chi connectivity index (χ2n) is 6.25. The highest BCUT2D eigenvalue weighted by Gasteiger charge is 2.12. The topological polar surface area (TPSA) is 91.5 Å². The maximum Gasteiger partial charge on any atom is 0.157 e. The van der Waals surface area contributed by atoms with E-state index in [4.69, 9.17) is 9.72 Å². The molecule has 128 valence electrons. The lowest BCUT2D eigenvalue weighted by Gasteiger charge is -2.10. The van der Waals surface area contributed by atoms with Crippen molar-refractivity contribution in [2.24, 2.45) is 0 Å². The van der Waals surface area contributed by atoms with Crippen molar-refractivity contribution >= 4 is 44.2 Å². The molecule has 0 fully saturated rings. The highest BCUT2D eigenvalue weighted by molar-refractivity contribution is 6.09. The van der Waals surface area contributed by atoms with Crippen LogP contribution in [0.1, 0.15) is 5.56 Å². The summed E-state index contributed by atoms with van der Waals surface area (Å²) in [6.45, 7) is 2.05. The molecule has 0 saturated carbocycles. The van der Waals surface area contributed by atoms with Crippen molar-refractivity contribution in [3.05, 3.63) is 48.3 Å². The van der Waals surface area contributed by atoms with E-state index in [1.54, 1.807) is 7.11 Å². The predicted molar refractivity (Wildman–Crippen MR) is 102 cm³/mol. The Bertz CT molecular complexity index is 1270. The van der Waals surface area contributed by atoms with Crippen LogP contribution in [0.3, 0.4) is 0 Å². The van der Waals surface area contributed by atoms with Crippen molar-refractivity contribution in [2.45, 2.75) is 6.92 Å². The minimum Gasteiger partial charge on any atom is -0.497 e. The van der Waals surface area contributed by atoms with Gasteiger partial charge in [0.2, 0.25) is 0 Å². The summed E-state index contributed by atoms with van der Waals surface area (Å²) in [7, 11) is 1.66. The molecule has 2 aromatic carbocycles. The minimum absolute atomic E-state index is 0.734. The molecule has 0 spiro atoms. The number of nitrogens with one attached hydrogen (secondary N) is 3. The zero-order valence-corrected chi connectivity index (χ0v) is 14.3. The van der Waals surface area contributed by atoms with Crippen LogP contribution in [-0.4, -0.2) is 32.5 Å². The van der Waals surface area contributed by atoms with E-state index in [-0.39, 0.29) is 0 Å². The number of anilines is 2. The van der Waals surface area contributed by atoms with Crippen molar-refractivity contribution in [3.8, 4) is 5.75 Å². The summed E-state index contributed by atoms with van der Waals surface area (Å²) in [4.78, 5) is 4.78. The predicted octanol–water partition coefficient (Wildman–Crippen LogP) is 4.05. The van der Waals surface area contributed by atoms with Crippen LogP contribution in [0.15, 0.2) is 42.7 Å². The molecule has 0 aliphatic heterocycles. The molecule has 0 aliphatic rings. The van der Waals surface area contributed by atoms with E-state index >= 15 is 0 Å². The fraction of sp³-hybridized carbons (Fsp3) is 0.105. The zero-order valence-electron chi connectivity index (χ0n) is 14.3. The number of fused-ring (bicyclic) bond motifs is 4. The third-order valence-electron chi connectivity index (χ3n) is 4.61. The number of methoxy groups -OCH3 is 1. The lowest BCUT2D eigenvalue weighted by molar-refractivity contribution is 0.415. The van der Waals surface area contributed by atoms with Gasteiger partial charge >= 0.3 is 0 Å². The summed E-state index contributed by atoms with van der Waals surface area (Å²) in [6.07, 6.45) is 3.63. The third-order valence-corrected chi connectivity index (χ3v) is 4.61. The van der Waals surface area contributed by atoms with E-state index in [2.05, 4.69) is 38.7 Å². The molecule has 5 rings (SSSR count). The highest BCUT2D eigenvalue weighted by Crippen LogP contribution is 2.32. The van der Waals surface area contributed by atoms with Gasteiger partial charge in [-0.3, -0.25) is 10.2 Å². The summed E-state index contributed by atoms with van der Waals surface area (Å²) in [6, 6.07) is 9.96. The number of hydrogen-bond acceptors (Lipinski definition) is 5. The fourth-order valence-corrected chi connectivity index (χ4v) is 3.34. The zero-order chi connectivity index (χ0) is 17.7. The molecule has 0 radical (unpaired) electrons. The van der Waals surface area contributed by atoms with Crippen LogP contribution < -0.4 is 10.1 Å². The Kier molecular flexibility index (Phi) is 3.08. The van der Waals surface area contributed by atoms with Gasteiger partial charge in [0, 0.05) is 21.8 Å².